The minimum Gasteiger partial charge on any atom is -0.467 e. The summed E-state index contributed by atoms with van der Waals surface area (Å²) in [6.45, 7) is 5.39. The van der Waals surface area contributed by atoms with Gasteiger partial charge in [0.15, 0.2) is 6.61 Å². The van der Waals surface area contributed by atoms with E-state index in [1.54, 1.807) is 13.0 Å². The Balaban J connectivity index is 2.46. The predicted octanol–water partition coefficient (Wildman–Crippen LogP) is 1.07. The SMILES string of the molecule is COC(=O)C(CC(C)C)NC(=O)COc1cc(C)on1. The highest BCUT2D eigenvalue weighted by Crippen LogP contribution is 2.10. The Morgan fingerprint density at radius 1 is 1.45 bits per heavy atom. The van der Waals surface area contributed by atoms with E-state index in [0.29, 0.717) is 12.2 Å². The first kappa shape index (κ1) is 16.0. The van der Waals surface area contributed by atoms with Crippen molar-refractivity contribution in [1.29, 1.82) is 0 Å². The number of aromatic nitrogens is 1. The highest BCUT2D eigenvalue weighted by molar-refractivity contribution is 5.85. The standard InChI is InChI=1S/C13H20N2O5/c1-8(2)5-10(13(17)18-4)14-11(16)7-19-12-6-9(3)20-15-12/h6,8,10H,5,7H2,1-4H3,(H,14,16). The number of rotatable bonds is 7. The van der Waals surface area contributed by atoms with E-state index in [4.69, 9.17) is 9.26 Å². The summed E-state index contributed by atoms with van der Waals surface area (Å²) in [4.78, 5) is 23.3. The van der Waals surface area contributed by atoms with Crippen LogP contribution in [0.1, 0.15) is 26.0 Å². The van der Waals surface area contributed by atoms with Crippen molar-refractivity contribution in [3.8, 4) is 5.88 Å². The van der Waals surface area contributed by atoms with Crippen LogP contribution in [0.25, 0.3) is 0 Å². The molecule has 1 unspecified atom stereocenters. The van der Waals surface area contributed by atoms with Crippen molar-refractivity contribution in [2.45, 2.75) is 33.2 Å². The maximum absolute atomic E-state index is 11.7. The highest BCUT2D eigenvalue weighted by atomic mass is 16.5. The van der Waals surface area contributed by atoms with Gasteiger partial charge in [-0.05, 0) is 24.4 Å². The van der Waals surface area contributed by atoms with E-state index in [0.717, 1.165) is 0 Å². The Bertz CT molecular complexity index is 455. The molecule has 0 aliphatic rings. The molecular formula is C13H20N2O5. The summed E-state index contributed by atoms with van der Waals surface area (Å²) in [6.07, 6.45) is 0.501. The Hall–Kier alpha value is -2.05. The van der Waals surface area contributed by atoms with E-state index in [-0.39, 0.29) is 18.4 Å². The van der Waals surface area contributed by atoms with Crippen LogP contribution in [0.2, 0.25) is 0 Å². The number of hydrogen-bond acceptors (Lipinski definition) is 6. The van der Waals surface area contributed by atoms with Crippen LogP contribution in [0.4, 0.5) is 0 Å². The normalized spacial score (nSPS) is 12.1. The van der Waals surface area contributed by atoms with Crippen molar-refractivity contribution < 1.29 is 23.6 Å². The van der Waals surface area contributed by atoms with Gasteiger partial charge in [-0.1, -0.05) is 13.8 Å². The lowest BCUT2D eigenvalue weighted by Crippen LogP contribution is -2.44. The van der Waals surface area contributed by atoms with Gasteiger partial charge < -0.3 is 19.3 Å². The largest absolute Gasteiger partial charge is 0.467 e. The maximum atomic E-state index is 11.7. The van der Waals surface area contributed by atoms with E-state index in [9.17, 15) is 9.59 Å². The van der Waals surface area contributed by atoms with Gasteiger partial charge in [0, 0.05) is 6.07 Å². The third-order valence-corrected chi connectivity index (χ3v) is 2.49. The molecule has 0 bridgehead atoms. The minimum absolute atomic E-state index is 0.233. The number of esters is 1. The molecule has 7 nitrogen and oxygen atoms in total. The zero-order chi connectivity index (χ0) is 15.1. The second-order valence-corrected chi connectivity index (χ2v) is 4.84. The Kier molecular flexibility index (Phi) is 6.02. The number of carbonyl (C=O) groups is 2. The van der Waals surface area contributed by atoms with Crippen molar-refractivity contribution in [2.24, 2.45) is 5.92 Å². The number of hydrogen-bond donors (Lipinski definition) is 1. The van der Waals surface area contributed by atoms with E-state index >= 15 is 0 Å². The third kappa shape index (κ3) is 5.29. The van der Waals surface area contributed by atoms with Gasteiger partial charge in [-0.25, -0.2) is 4.79 Å². The lowest BCUT2D eigenvalue weighted by molar-refractivity contribution is -0.145. The Morgan fingerprint density at radius 3 is 2.65 bits per heavy atom. The molecule has 20 heavy (non-hydrogen) atoms. The summed E-state index contributed by atoms with van der Waals surface area (Å²) >= 11 is 0. The van der Waals surface area contributed by atoms with Crippen molar-refractivity contribution in [3.05, 3.63) is 11.8 Å². The number of carbonyl (C=O) groups excluding carboxylic acids is 2. The summed E-state index contributed by atoms with van der Waals surface area (Å²) in [5.41, 5.74) is 0. The molecule has 1 aromatic heterocycles. The van der Waals surface area contributed by atoms with Crippen LogP contribution < -0.4 is 10.1 Å². The summed E-state index contributed by atoms with van der Waals surface area (Å²) in [5, 5.41) is 6.18. The Morgan fingerprint density at radius 2 is 2.15 bits per heavy atom. The van der Waals surface area contributed by atoms with E-state index in [1.165, 1.54) is 7.11 Å². The van der Waals surface area contributed by atoms with Gasteiger partial charge in [0.25, 0.3) is 11.8 Å². The molecule has 0 saturated heterocycles. The first-order chi connectivity index (χ1) is 9.42. The topological polar surface area (TPSA) is 90.7 Å². The molecule has 1 heterocycles. The van der Waals surface area contributed by atoms with Crippen LogP contribution in [0, 0.1) is 12.8 Å². The molecule has 1 N–H and O–H groups in total. The molecule has 0 aliphatic carbocycles. The summed E-state index contributed by atoms with van der Waals surface area (Å²) < 4.78 is 14.6. The zero-order valence-electron chi connectivity index (χ0n) is 12.1. The van der Waals surface area contributed by atoms with E-state index in [2.05, 4.69) is 15.2 Å². The molecule has 0 spiro atoms. The number of amides is 1. The van der Waals surface area contributed by atoms with Crippen LogP contribution in [-0.4, -0.2) is 36.8 Å². The predicted molar refractivity (Wildman–Crippen MR) is 70.1 cm³/mol. The molecule has 1 rings (SSSR count). The molecule has 1 amide bonds. The molecule has 0 aromatic carbocycles. The molecular weight excluding hydrogens is 264 g/mol. The molecule has 1 aromatic rings. The third-order valence-electron chi connectivity index (χ3n) is 2.49. The van der Waals surface area contributed by atoms with Crippen LogP contribution in [0.5, 0.6) is 5.88 Å². The quantitative estimate of drug-likeness (QED) is 0.753. The van der Waals surface area contributed by atoms with Crippen molar-refractivity contribution in [1.82, 2.24) is 10.5 Å². The van der Waals surface area contributed by atoms with Gasteiger partial charge >= 0.3 is 5.97 Å². The molecule has 7 heteroatoms. The molecule has 0 aliphatic heterocycles. The molecule has 0 fully saturated rings. The molecule has 0 saturated carbocycles. The average Bonchev–Trinajstić information content (AvgIpc) is 2.80. The molecule has 112 valence electrons. The Labute approximate surface area is 117 Å². The average molecular weight is 284 g/mol. The highest BCUT2D eigenvalue weighted by Gasteiger charge is 2.22. The van der Waals surface area contributed by atoms with Crippen LogP contribution >= 0.6 is 0 Å². The molecule has 1 atom stereocenters. The van der Waals surface area contributed by atoms with Gasteiger partial charge in [-0.2, -0.15) is 0 Å². The first-order valence-electron chi connectivity index (χ1n) is 6.35. The lowest BCUT2D eigenvalue weighted by Gasteiger charge is -2.18. The van der Waals surface area contributed by atoms with E-state index < -0.39 is 17.9 Å². The number of ether oxygens (including phenoxy) is 2. The summed E-state index contributed by atoms with van der Waals surface area (Å²) in [7, 11) is 1.29. The monoisotopic (exact) mass is 284 g/mol. The van der Waals surface area contributed by atoms with Gasteiger partial charge in [0.2, 0.25) is 0 Å². The first-order valence-corrected chi connectivity index (χ1v) is 6.35. The van der Waals surface area contributed by atoms with Crippen LogP contribution in [0.3, 0.4) is 0 Å². The fourth-order valence-corrected chi connectivity index (χ4v) is 1.61. The smallest absolute Gasteiger partial charge is 0.328 e. The van der Waals surface area contributed by atoms with Gasteiger partial charge in [-0.15, -0.1) is 0 Å². The number of nitrogens with one attached hydrogen (secondary N) is 1. The van der Waals surface area contributed by atoms with Gasteiger partial charge in [0.1, 0.15) is 11.8 Å². The van der Waals surface area contributed by atoms with E-state index in [1.807, 2.05) is 13.8 Å². The van der Waals surface area contributed by atoms with Crippen LogP contribution in [0.15, 0.2) is 10.6 Å². The van der Waals surface area contributed by atoms with Crippen molar-refractivity contribution in [3.63, 3.8) is 0 Å². The summed E-state index contributed by atoms with van der Waals surface area (Å²) in [6, 6.07) is 0.897. The lowest BCUT2D eigenvalue weighted by atomic mass is 10.0. The second kappa shape index (κ2) is 7.52. The van der Waals surface area contributed by atoms with Crippen LogP contribution in [-0.2, 0) is 14.3 Å². The fraction of sp³-hybridized carbons (Fsp3) is 0.615. The van der Waals surface area contributed by atoms with Gasteiger partial charge in [0.05, 0.1) is 7.11 Å². The number of methoxy groups -OCH3 is 1. The fourth-order valence-electron chi connectivity index (χ4n) is 1.61. The minimum atomic E-state index is -0.671. The second-order valence-electron chi connectivity index (χ2n) is 4.84. The number of aryl methyl sites for hydroxylation is 1. The van der Waals surface area contributed by atoms with Crippen molar-refractivity contribution in [2.75, 3.05) is 13.7 Å². The summed E-state index contributed by atoms with van der Waals surface area (Å²) in [5.74, 6) is 0.188. The maximum Gasteiger partial charge on any atom is 0.328 e. The zero-order valence-corrected chi connectivity index (χ0v) is 12.1. The number of nitrogens with zero attached hydrogens (tertiary/aromatic N) is 1. The van der Waals surface area contributed by atoms with Gasteiger partial charge in [-0.3, -0.25) is 4.79 Å². The molecule has 0 radical (unpaired) electrons. The van der Waals surface area contributed by atoms with Crippen molar-refractivity contribution >= 4 is 11.9 Å².